The molecule has 3 aromatic rings. The maximum atomic E-state index is 12.8. The van der Waals surface area contributed by atoms with Gasteiger partial charge in [-0.25, -0.2) is 0 Å². The predicted molar refractivity (Wildman–Crippen MR) is 88.1 cm³/mol. The summed E-state index contributed by atoms with van der Waals surface area (Å²) in [6, 6.07) is 10.1. The number of rotatable bonds is 3. The molecule has 0 atom stereocenters. The highest BCUT2D eigenvalue weighted by Gasteiger charge is 2.27. The molecule has 1 aliphatic carbocycles. The van der Waals surface area contributed by atoms with Crippen LogP contribution in [0.15, 0.2) is 40.9 Å². The maximum absolute atomic E-state index is 12.8. The highest BCUT2D eigenvalue weighted by Crippen LogP contribution is 2.30. The molecular formula is C18H19N3O2. The quantitative estimate of drug-likeness (QED) is 0.799. The van der Waals surface area contributed by atoms with Crippen molar-refractivity contribution < 1.29 is 9.21 Å². The lowest BCUT2D eigenvalue weighted by Gasteiger charge is -2.24. The third-order valence-corrected chi connectivity index (χ3v) is 4.73. The Morgan fingerprint density at radius 1 is 1.30 bits per heavy atom. The number of hydrogen-bond acceptors (Lipinski definition) is 3. The fraction of sp³-hybridized carbons (Fsp3) is 0.333. The van der Waals surface area contributed by atoms with Crippen molar-refractivity contribution in [1.29, 1.82) is 0 Å². The molecule has 2 aromatic heterocycles. The Kier molecular flexibility index (Phi) is 3.41. The van der Waals surface area contributed by atoms with Gasteiger partial charge in [-0.1, -0.05) is 31.0 Å². The topological polar surface area (TPSA) is 62.1 Å². The van der Waals surface area contributed by atoms with Gasteiger partial charge in [-0.2, -0.15) is 5.10 Å². The molecule has 118 valence electrons. The van der Waals surface area contributed by atoms with Crippen molar-refractivity contribution in [3.05, 3.63) is 42.1 Å². The minimum Gasteiger partial charge on any atom is -0.454 e. The van der Waals surface area contributed by atoms with Crippen LogP contribution in [-0.4, -0.2) is 34.1 Å². The van der Waals surface area contributed by atoms with Crippen LogP contribution in [0.25, 0.3) is 22.4 Å². The van der Waals surface area contributed by atoms with Crippen molar-refractivity contribution in [3.63, 3.8) is 0 Å². The molecule has 0 bridgehead atoms. The molecule has 1 aromatic carbocycles. The predicted octanol–water partition coefficient (Wildman–Crippen LogP) is 3.84. The van der Waals surface area contributed by atoms with Crippen molar-refractivity contribution in [1.82, 2.24) is 15.1 Å². The van der Waals surface area contributed by atoms with Gasteiger partial charge in [0.05, 0.1) is 11.8 Å². The van der Waals surface area contributed by atoms with Crippen LogP contribution in [0.2, 0.25) is 0 Å². The molecule has 0 aliphatic heterocycles. The van der Waals surface area contributed by atoms with E-state index in [2.05, 4.69) is 10.2 Å². The van der Waals surface area contributed by atoms with Gasteiger partial charge < -0.3 is 9.32 Å². The molecule has 2 heterocycles. The first-order valence-corrected chi connectivity index (χ1v) is 8.03. The summed E-state index contributed by atoms with van der Waals surface area (Å²) in [5.41, 5.74) is 2.02. The second-order valence-corrected chi connectivity index (χ2v) is 6.16. The molecule has 4 rings (SSSR count). The molecule has 1 aliphatic rings. The van der Waals surface area contributed by atoms with E-state index in [1.165, 1.54) is 12.8 Å². The molecule has 0 saturated heterocycles. The van der Waals surface area contributed by atoms with Crippen molar-refractivity contribution in [2.24, 2.45) is 0 Å². The van der Waals surface area contributed by atoms with Gasteiger partial charge in [-0.15, -0.1) is 0 Å². The van der Waals surface area contributed by atoms with Gasteiger partial charge in [-0.3, -0.25) is 9.89 Å². The monoisotopic (exact) mass is 309 g/mol. The van der Waals surface area contributed by atoms with Crippen molar-refractivity contribution in [3.8, 4) is 11.5 Å². The van der Waals surface area contributed by atoms with Crippen LogP contribution < -0.4 is 0 Å². The second kappa shape index (κ2) is 5.57. The number of H-pyrrole nitrogens is 1. The number of carbonyl (C=O) groups is 1. The van der Waals surface area contributed by atoms with Gasteiger partial charge >= 0.3 is 0 Å². The Morgan fingerprint density at radius 3 is 2.87 bits per heavy atom. The van der Waals surface area contributed by atoms with Gasteiger partial charge in [0.2, 0.25) is 0 Å². The smallest absolute Gasteiger partial charge is 0.257 e. The van der Waals surface area contributed by atoms with Crippen LogP contribution in [0.5, 0.6) is 0 Å². The molecule has 0 spiro atoms. The lowest BCUT2D eigenvalue weighted by Crippen LogP contribution is -2.35. The number of aromatic nitrogens is 2. The Bertz CT molecular complexity index is 810. The molecule has 1 N–H and O–H groups in total. The van der Waals surface area contributed by atoms with E-state index in [1.807, 2.05) is 42.3 Å². The third kappa shape index (κ3) is 2.42. The van der Waals surface area contributed by atoms with Crippen LogP contribution >= 0.6 is 0 Å². The van der Waals surface area contributed by atoms with Crippen molar-refractivity contribution in [2.75, 3.05) is 7.05 Å². The van der Waals surface area contributed by atoms with Crippen molar-refractivity contribution in [2.45, 2.75) is 31.7 Å². The van der Waals surface area contributed by atoms with Crippen LogP contribution in [-0.2, 0) is 0 Å². The Morgan fingerprint density at radius 2 is 2.09 bits per heavy atom. The first kappa shape index (κ1) is 14.1. The summed E-state index contributed by atoms with van der Waals surface area (Å²) in [5, 5.41) is 8.00. The van der Waals surface area contributed by atoms with E-state index < -0.39 is 0 Å². The van der Waals surface area contributed by atoms with Crippen LogP contribution in [0.1, 0.15) is 36.0 Å². The number of fused-ring (bicyclic) bond motifs is 1. The number of furan rings is 1. The molecule has 5 nitrogen and oxygen atoms in total. The summed E-state index contributed by atoms with van der Waals surface area (Å²) in [6.07, 6.45) is 6.16. The number of para-hydroxylation sites is 1. The Hall–Kier alpha value is -2.56. The highest BCUT2D eigenvalue weighted by atomic mass is 16.3. The summed E-state index contributed by atoms with van der Waals surface area (Å²) in [5.74, 6) is 0.646. The largest absolute Gasteiger partial charge is 0.454 e. The summed E-state index contributed by atoms with van der Waals surface area (Å²) < 4.78 is 5.87. The highest BCUT2D eigenvalue weighted by molar-refractivity contribution is 6.00. The van der Waals surface area contributed by atoms with E-state index in [9.17, 15) is 4.79 Å². The lowest BCUT2D eigenvalue weighted by molar-refractivity contribution is 0.0736. The van der Waals surface area contributed by atoms with Gasteiger partial charge in [0, 0.05) is 18.5 Å². The summed E-state index contributed by atoms with van der Waals surface area (Å²) in [4.78, 5) is 14.7. The molecule has 0 unspecified atom stereocenters. The van der Waals surface area contributed by atoms with E-state index in [4.69, 9.17) is 4.42 Å². The maximum Gasteiger partial charge on any atom is 0.257 e. The number of nitrogens with zero attached hydrogens (tertiary/aromatic N) is 2. The van der Waals surface area contributed by atoms with Crippen LogP contribution in [0.4, 0.5) is 0 Å². The van der Waals surface area contributed by atoms with Crippen LogP contribution in [0, 0.1) is 0 Å². The second-order valence-electron chi connectivity index (χ2n) is 6.16. The first-order valence-electron chi connectivity index (χ1n) is 8.03. The zero-order chi connectivity index (χ0) is 15.8. The number of hydrogen-bond donors (Lipinski definition) is 1. The summed E-state index contributed by atoms with van der Waals surface area (Å²) >= 11 is 0. The molecule has 5 heteroatoms. The SMILES string of the molecule is CN(C(=O)c1cn[nH]c1-c1cc2ccccc2o1)C1CCCC1. The third-order valence-electron chi connectivity index (χ3n) is 4.73. The van der Waals surface area contributed by atoms with E-state index >= 15 is 0 Å². The normalized spacial score (nSPS) is 15.3. The van der Waals surface area contributed by atoms with Gasteiger partial charge in [-0.05, 0) is 25.0 Å². The average Bonchev–Trinajstić information content (AvgIpc) is 3.32. The molecule has 0 radical (unpaired) electrons. The molecule has 1 fully saturated rings. The molecular weight excluding hydrogens is 290 g/mol. The zero-order valence-corrected chi connectivity index (χ0v) is 13.1. The Balaban J connectivity index is 1.68. The molecule has 23 heavy (non-hydrogen) atoms. The standard InChI is InChI=1S/C18H19N3O2/c1-21(13-7-3-4-8-13)18(22)14-11-19-20-17(14)16-10-12-6-2-5-9-15(12)23-16/h2,5-6,9-11,13H,3-4,7-8H2,1H3,(H,19,20). The number of benzene rings is 1. The van der Waals surface area contributed by atoms with E-state index in [-0.39, 0.29) is 5.91 Å². The number of aromatic amines is 1. The molecule has 1 amide bonds. The fourth-order valence-electron chi connectivity index (χ4n) is 3.39. The Labute approximate surface area is 134 Å². The van der Waals surface area contributed by atoms with Crippen molar-refractivity contribution >= 4 is 16.9 Å². The first-order chi connectivity index (χ1) is 11.2. The lowest BCUT2D eigenvalue weighted by atomic mass is 10.1. The van der Waals surface area contributed by atoms with Gasteiger partial charge in [0.15, 0.2) is 5.76 Å². The zero-order valence-electron chi connectivity index (χ0n) is 13.1. The summed E-state index contributed by atoms with van der Waals surface area (Å²) in [7, 11) is 1.88. The van der Waals surface area contributed by atoms with Gasteiger partial charge in [0.1, 0.15) is 11.3 Å². The summed E-state index contributed by atoms with van der Waals surface area (Å²) in [6.45, 7) is 0. The van der Waals surface area contributed by atoms with E-state index in [0.29, 0.717) is 23.1 Å². The fourth-order valence-corrected chi connectivity index (χ4v) is 3.39. The van der Waals surface area contributed by atoms with E-state index in [1.54, 1.807) is 6.20 Å². The average molecular weight is 309 g/mol. The minimum atomic E-state index is 0.00102. The molecule has 1 saturated carbocycles. The van der Waals surface area contributed by atoms with E-state index in [0.717, 1.165) is 23.8 Å². The van der Waals surface area contributed by atoms with Gasteiger partial charge in [0.25, 0.3) is 5.91 Å². The van der Waals surface area contributed by atoms with Crippen LogP contribution in [0.3, 0.4) is 0 Å². The minimum absolute atomic E-state index is 0.00102. The number of carbonyl (C=O) groups excluding carboxylic acids is 1. The number of nitrogens with one attached hydrogen (secondary N) is 1. The number of amides is 1.